The fourth-order valence-electron chi connectivity index (χ4n) is 2.07. The number of nitrogens with zero attached hydrogens (tertiary/aromatic N) is 1. The molecule has 2 rings (SSSR count). The molecule has 1 atom stereocenters. The van der Waals surface area contributed by atoms with Crippen LogP contribution in [0.2, 0.25) is 0 Å². The first-order chi connectivity index (χ1) is 9.77. The van der Waals surface area contributed by atoms with Crippen molar-refractivity contribution in [3.63, 3.8) is 0 Å². The molecule has 21 heavy (non-hydrogen) atoms. The number of hydrogen-bond acceptors (Lipinski definition) is 4. The van der Waals surface area contributed by atoms with Gasteiger partial charge in [0, 0.05) is 25.1 Å². The van der Waals surface area contributed by atoms with Gasteiger partial charge >= 0.3 is 6.18 Å². The Bertz CT molecular complexity index is 575. The van der Waals surface area contributed by atoms with Gasteiger partial charge in [0.15, 0.2) is 0 Å². The van der Waals surface area contributed by atoms with Crippen LogP contribution in [0, 0.1) is 10.1 Å². The Hall–Kier alpha value is -2.32. The molecule has 2 N–H and O–H groups in total. The molecule has 1 amide bonds. The zero-order valence-corrected chi connectivity index (χ0v) is 10.7. The van der Waals surface area contributed by atoms with Crippen LogP contribution >= 0.6 is 0 Å². The Morgan fingerprint density at radius 1 is 1.43 bits per heavy atom. The SMILES string of the molecule is O=C1CCC(CNc2ccc(C(F)(F)F)cc2[N+](=O)[O-])N1. The van der Waals surface area contributed by atoms with E-state index >= 15 is 0 Å². The third-order valence-corrected chi connectivity index (χ3v) is 3.15. The van der Waals surface area contributed by atoms with Gasteiger partial charge in [-0.2, -0.15) is 13.2 Å². The molecule has 6 nitrogen and oxygen atoms in total. The summed E-state index contributed by atoms with van der Waals surface area (Å²) in [6.07, 6.45) is -3.68. The van der Waals surface area contributed by atoms with Gasteiger partial charge in [0.1, 0.15) is 5.69 Å². The standard InChI is InChI=1S/C12H12F3N3O3/c13-12(14,15)7-1-3-9(10(5-7)18(20)21)16-6-8-2-4-11(19)17-8/h1,3,5,8,16H,2,4,6H2,(H,17,19). The Morgan fingerprint density at radius 3 is 2.67 bits per heavy atom. The minimum atomic E-state index is -4.64. The maximum atomic E-state index is 12.5. The van der Waals surface area contributed by atoms with Gasteiger partial charge in [-0.25, -0.2) is 0 Å². The van der Waals surface area contributed by atoms with Crippen LogP contribution in [0.3, 0.4) is 0 Å². The lowest BCUT2D eigenvalue weighted by Crippen LogP contribution is -2.31. The smallest absolute Gasteiger partial charge is 0.377 e. The number of carbonyl (C=O) groups is 1. The molecule has 114 valence electrons. The maximum Gasteiger partial charge on any atom is 0.416 e. The molecule has 1 unspecified atom stereocenters. The van der Waals surface area contributed by atoms with Crippen LogP contribution in [0.25, 0.3) is 0 Å². The van der Waals surface area contributed by atoms with Crippen molar-refractivity contribution >= 4 is 17.3 Å². The minimum absolute atomic E-state index is 0.00542. The molecule has 1 aromatic carbocycles. The molecule has 0 aliphatic carbocycles. The molecule has 1 fully saturated rings. The van der Waals surface area contributed by atoms with Crippen LogP contribution in [0.1, 0.15) is 18.4 Å². The van der Waals surface area contributed by atoms with E-state index in [2.05, 4.69) is 10.6 Å². The Kier molecular flexibility index (Phi) is 4.01. The van der Waals surface area contributed by atoms with Crippen molar-refractivity contribution in [3.05, 3.63) is 33.9 Å². The van der Waals surface area contributed by atoms with Crippen molar-refractivity contribution < 1.29 is 22.9 Å². The predicted molar refractivity (Wildman–Crippen MR) is 67.8 cm³/mol. The molecule has 9 heteroatoms. The number of anilines is 1. The number of nitro benzene ring substituents is 1. The summed E-state index contributed by atoms with van der Waals surface area (Å²) in [6, 6.07) is 2.12. The Labute approximate surface area is 117 Å². The van der Waals surface area contributed by atoms with Crippen molar-refractivity contribution in [2.75, 3.05) is 11.9 Å². The van der Waals surface area contributed by atoms with Gasteiger partial charge in [-0.1, -0.05) is 0 Å². The van der Waals surface area contributed by atoms with E-state index in [4.69, 9.17) is 0 Å². The lowest BCUT2D eigenvalue weighted by atomic mass is 10.1. The second kappa shape index (κ2) is 5.58. The second-order valence-electron chi connectivity index (χ2n) is 4.67. The topological polar surface area (TPSA) is 84.3 Å². The van der Waals surface area contributed by atoms with Gasteiger partial charge in [-0.05, 0) is 18.6 Å². The number of alkyl halides is 3. The second-order valence-corrected chi connectivity index (χ2v) is 4.67. The number of amides is 1. The molecule has 1 heterocycles. The Balaban J connectivity index is 2.15. The number of carbonyl (C=O) groups excluding carboxylic acids is 1. The summed E-state index contributed by atoms with van der Waals surface area (Å²) in [6.45, 7) is 0.220. The highest BCUT2D eigenvalue weighted by atomic mass is 19.4. The molecule has 1 aliphatic rings. The molecular formula is C12H12F3N3O3. The highest BCUT2D eigenvalue weighted by Gasteiger charge is 2.33. The molecule has 1 aliphatic heterocycles. The van der Waals surface area contributed by atoms with Gasteiger partial charge in [-0.15, -0.1) is 0 Å². The lowest BCUT2D eigenvalue weighted by molar-refractivity contribution is -0.384. The summed E-state index contributed by atoms with van der Waals surface area (Å²) in [7, 11) is 0. The normalized spacial score (nSPS) is 18.4. The largest absolute Gasteiger partial charge is 0.416 e. The number of nitro groups is 1. The van der Waals surface area contributed by atoms with Crippen LogP contribution in [-0.4, -0.2) is 23.4 Å². The van der Waals surface area contributed by atoms with E-state index in [-0.39, 0.29) is 24.2 Å². The van der Waals surface area contributed by atoms with Crippen LogP contribution in [0.15, 0.2) is 18.2 Å². The molecule has 0 saturated carbocycles. The monoisotopic (exact) mass is 303 g/mol. The molecular weight excluding hydrogens is 291 g/mol. The molecule has 0 radical (unpaired) electrons. The number of benzene rings is 1. The minimum Gasteiger partial charge on any atom is -0.377 e. The summed E-state index contributed by atoms with van der Waals surface area (Å²) >= 11 is 0. The van der Waals surface area contributed by atoms with Gasteiger partial charge in [0.05, 0.1) is 10.5 Å². The molecule has 1 saturated heterocycles. The molecule has 0 bridgehead atoms. The van der Waals surface area contributed by atoms with Crippen molar-refractivity contribution in [2.45, 2.75) is 25.1 Å². The lowest BCUT2D eigenvalue weighted by Gasteiger charge is -2.13. The van der Waals surface area contributed by atoms with E-state index in [0.29, 0.717) is 18.9 Å². The number of hydrogen-bond donors (Lipinski definition) is 2. The van der Waals surface area contributed by atoms with E-state index in [1.54, 1.807) is 0 Å². The first-order valence-electron chi connectivity index (χ1n) is 6.16. The summed E-state index contributed by atoms with van der Waals surface area (Å²) < 4.78 is 37.6. The van der Waals surface area contributed by atoms with Gasteiger partial charge in [0.2, 0.25) is 5.91 Å². The summed E-state index contributed by atoms with van der Waals surface area (Å²) in [4.78, 5) is 21.0. The van der Waals surface area contributed by atoms with Crippen molar-refractivity contribution in [1.29, 1.82) is 0 Å². The first-order valence-corrected chi connectivity index (χ1v) is 6.16. The Morgan fingerprint density at radius 2 is 2.14 bits per heavy atom. The molecule has 1 aromatic rings. The average Bonchev–Trinajstić information content (AvgIpc) is 2.80. The number of halogens is 3. The van der Waals surface area contributed by atoms with Gasteiger partial charge in [-0.3, -0.25) is 14.9 Å². The van der Waals surface area contributed by atoms with E-state index < -0.39 is 22.4 Å². The molecule has 0 spiro atoms. The van der Waals surface area contributed by atoms with E-state index in [1.165, 1.54) is 0 Å². The summed E-state index contributed by atoms with van der Waals surface area (Å²) in [5.41, 5.74) is -1.72. The third kappa shape index (κ3) is 3.61. The van der Waals surface area contributed by atoms with Crippen molar-refractivity contribution in [2.24, 2.45) is 0 Å². The van der Waals surface area contributed by atoms with Crippen LogP contribution in [0.4, 0.5) is 24.5 Å². The van der Waals surface area contributed by atoms with Crippen LogP contribution in [0.5, 0.6) is 0 Å². The zero-order chi connectivity index (χ0) is 15.6. The third-order valence-electron chi connectivity index (χ3n) is 3.15. The van der Waals surface area contributed by atoms with Gasteiger partial charge in [0.25, 0.3) is 5.69 Å². The highest BCUT2D eigenvalue weighted by Crippen LogP contribution is 2.34. The average molecular weight is 303 g/mol. The van der Waals surface area contributed by atoms with Crippen molar-refractivity contribution in [3.8, 4) is 0 Å². The summed E-state index contributed by atoms with van der Waals surface area (Å²) in [5.74, 6) is -0.108. The fourth-order valence-corrected chi connectivity index (χ4v) is 2.07. The van der Waals surface area contributed by atoms with Crippen LogP contribution < -0.4 is 10.6 Å². The maximum absolute atomic E-state index is 12.5. The van der Waals surface area contributed by atoms with Crippen molar-refractivity contribution in [1.82, 2.24) is 5.32 Å². The predicted octanol–water partition coefficient (Wildman–Crippen LogP) is 2.30. The highest BCUT2D eigenvalue weighted by molar-refractivity contribution is 5.78. The quantitative estimate of drug-likeness (QED) is 0.660. The number of rotatable bonds is 4. The number of nitrogens with one attached hydrogen (secondary N) is 2. The summed E-state index contributed by atoms with van der Waals surface area (Å²) in [5, 5.41) is 16.2. The fraction of sp³-hybridized carbons (Fsp3) is 0.417. The van der Waals surface area contributed by atoms with E-state index in [9.17, 15) is 28.1 Å². The zero-order valence-electron chi connectivity index (χ0n) is 10.7. The van der Waals surface area contributed by atoms with Crippen LogP contribution in [-0.2, 0) is 11.0 Å². The van der Waals surface area contributed by atoms with E-state index in [0.717, 1.165) is 12.1 Å². The van der Waals surface area contributed by atoms with Gasteiger partial charge < -0.3 is 10.6 Å². The van der Waals surface area contributed by atoms with E-state index in [1.807, 2.05) is 0 Å². The first kappa shape index (κ1) is 15.1. The molecule has 0 aromatic heterocycles.